The van der Waals surface area contributed by atoms with Crippen molar-refractivity contribution in [3.05, 3.63) is 47.6 Å². The topological polar surface area (TPSA) is 103 Å². The number of rotatable bonds is 4. The molecule has 2 atom stereocenters. The van der Waals surface area contributed by atoms with E-state index in [1.54, 1.807) is 30.0 Å². The zero-order chi connectivity index (χ0) is 18.8. The first-order chi connectivity index (χ1) is 12.4. The summed E-state index contributed by atoms with van der Waals surface area (Å²) in [6, 6.07) is 2.18. The molecule has 10 heteroatoms. The lowest BCUT2D eigenvalue weighted by atomic mass is 10.1. The van der Waals surface area contributed by atoms with Crippen LogP contribution in [0.25, 0.3) is 6.08 Å². The molecule has 3 heterocycles. The number of alkyl halides is 2. The number of aliphatic hydroxyl groups is 1. The van der Waals surface area contributed by atoms with Gasteiger partial charge in [0.1, 0.15) is 11.4 Å². The summed E-state index contributed by atoms with van der Waals surface area (Å²) in [5.41, 5.74) is 0.659. The molecule has 0 spiro atoms. The predicted octanol–water partition coefficient (Wildman–Crippen LogP) is 2.24. The highest BCUT2D eigenvalue weighted by molar-refractivity contribution is 7.84. The third-order valence-electron chi connectivity index (χ3n) is 3.84. The summed E-state index contributed by atoms with van der Waals surface area (Å²) in [5.74, 6) is -0.482. The Morgan fingerprint density at radius 1 is 1.58 bits per heavy atom. The summed E-state index contributed by atoms with van der Waals surface area (Å²) in [4.78, 5) is 16.9. The Morgan fingerprint density at radius 2 is 2.35 bits per heavy atom. The minimum absolute atomic E-state index is 0.162. The van der Waals surface area contributed by atoms with Crippen molar-refractivity contribution in [2.24, 2.45) is 7.05 Å². The maximum atomic E-state index is 12.8. The number of fused-ring (bicyclic) bond motifs is 1. The third kappa shape index (κ3) is 3.57. The smallest absolute Gasteiger partial charge is 0.280 e. The summed E-state index contributed by atoms with van der Waals surface area (Å²) >= 11 is 0. The van der Waals surface area contributed by atoms with Gasteiger partial charge in [0.25, 0.3) is 12.3 Å². The van der Waals surface area contributed by atoms with Crippen LogP contribution in [-0.4, -0.2) is 33.2 Å². The highest BCUT2D eigenvalue weighted by atomic mass is 32.2. The third-order valence-corrected chi connectivity index (χ3v) is 5.15. The molecule has 0 saturated carbocycles. The average Bonchev–Trinajstić information content (AvgIpc) is 2.86. The summed E-state index contributed by atoms with van der Waals surface area (Å²) in [6.45, 7) is -0.162. The first kappa shape index (κ1) is 18.4. The fourth-order valence-electron chi connectivity index (χ4n) is 2.62. The second kappa shape index (κ2) is 7.44. The summed E-state index contributed by atoms with van der Waals surface area (Å²) in [5, 5.41) is 11.9. The average molecular weight is 381 g/mol. The fourth-order valence-corrected chi connectivity index (χ4v) is 3.85. The van der Waals surface area contributed by atoms with Crippen LogP contribution in [0.4, 0.5) is 14.5 Å². The van der Waals surface area contributed by atoms with E-state index in [9.17, 15) is 18.7 Å². The fraction of sp³-hybridized carbons (Fsp3) is 0.250. The van der Waals surface area contributed by atoms with Crippen LogP contribution in [0.3, 0.4) is 0 Å². The first-order valence-corrected chi connectivity index (χ1v) is 8.88. The Hall–Kier alpha value is -2.43. The zero-order valence-corrected chi connectivity index (χ0v) is 14.6. The van der Waals surface area contributed by atoms with Crippen LogP contribution in [0.15, 0.2) is 35.5 Å². The van der Waals surface area contributed by atoms with E-state index in [1.165, 1.54) is 12.3 Å². The van der Waals surface area contributed by atoms with Crippen molar-refractivity contribution < 1.29 is 18.7 Å². The molecule has 0 aliphatic carbocycles. The van der Waals surface area contributed by atoms with E-state index in [-0.39, 0.29) is 18.3 Å². The van der Waals surface area contributed by atoms with Crippen LogP contribution < -0.4 is 10.0 Å². The van der Waals surface area contributed by atoms with Crippen LogP contribution in [0.2, 0.25) is 0 Å². The molecule has 26 heavy (non-hydrogen) atoms. The Kier molecular flexibility index (Phi) is 5.25. The van der Waals surface area contributed by atoms with Gasteiger partial charge in [-0.3, -0.25) is 14.6 Å². The molecule has 2 aromatic rings. The SMILES string of the molecule is Cn1cc2c(c1C(=O)Nc1ccnc(C(F)F)c1)C=CC(CO)NS2=N. The van der Waals surface area contributed by atoms with E-state index in [0.717, 1.165) is 6.07 Å². The molecular weight excluding hydrogens is 364 g/mol. The maximum absolute atomic E-state index is 12.8. The number of hydrogen-bond acceptors (Lipinski definition) is 4. The molecule has 1 aliphatic rings. The number of nitrogens with one attached hydrogen (secondary N) is 3. The van der Waals surface area contributed by atoms with Crippen LogP contribution >= 0.6 is 0 Å². The number of aliphatic hydroxyl groups excluding tert-OH is 1. The number of anilines is 1. The van der Waals surface area contributed by atoms with Crippen LogP contribution in [0, 0.1) is 4.78 Å². The largest absolute Gasteiger partial charge is 0.394 e. The number of nitrogens with zero attached hydrogens (tertiary/aromatic N) is 2. The molecule has 0 saturated heterocycles. The number of aromatic nitrogens is 2. The number of halogens is 2. The molecular formula is C16H17F2N5O2S. The molecule has 0 radical (unpaired) electrons. The highest BCUT2D eigenvalue weighted by Gasteiger charge is 2.24. The molecule has 7 nitrogen and oxygen atoms in total. The molecule has 4 N–H and O–H groups in total. The number of carbonyl (C=O) groups excluding carboxylic acids is 1. The number of hydrogen-bond donors (Lipinski definition) is 4. The van der Waals surface area contributed by atoms with E-state index in [4.69, 9.17) is 4.78 Å². The van der Waals surface area contributed by atoms with Crippen LogP contribution in [0.1, 0.15) is 28.2 Å². The Bertz CT molecular complexity index is 897. The van der Waals surface area contributed by atoms with Crippen LogP contribution in [0.5, 0.6) is 0 Å². The van der Waals surface area contributed by atoms with Gasteiger partial charge in [-0.05, 0) is 23.0 Å². The Labute approximate surface area is 150 Å². The van der Waals surface area contributed by atoms with Gasteiger partial charge in [0.2, 0.25) is 0 Å². The molecule has 1 aliphatic heterocycles. The summed E-state index contributed by atoms with van der Waals surface area (Å²) in [6.07, 6.45) is 3.54. The van der Waals surface area contributed by atoms with Crippen molar-refractivity contribution in [3.8, 4) is 0 Å². The van der Waals surface area contributed by atoms with Crippen molar-refractivity contribution in [2.75, 3.05) is 11.9 Å². The van der Waals surface area contributed by atoms with E-state index in [1.807, 2.05) is 0 Å². The standard InChI is InChI=1S/C16H17F2N5O2S/c1-23-7-13-11(3-2-10(8-24)22-26(13)19)14(23)16(25)21-9-4-5-20-12(6-9)15(17)18/h2-7,10,15,24H,8H2,1H3,(H2,19,22)(H,20,21,25). The zero-order valence-electron chi connectivity index (χ0n) is 13.7. The van der Waals surface area contributed by atoms with E-state index in [0.29, 0.717) is 16.2 Å². The second-order valence-electron chi connectivity index (χ2n) is 5.66. The van der Waals surface area contributed by atoms with E-state index >= 15 is 0 Å². The van der Waals surface area contributed by atoms with E-state index in [2.05, 4.69) is 15.0 Å². The minimum Gasteiger partial charge on any atom is -0.394 e. The molecule has 0 bridgehead atoms. The van der Waals surface area contributed by atoms with Crippen molar-refractivity contribution >= 4 is 28.5 Å². The molecule has 138 valence electrons. The normalized spacial score (nSPS) is 19.3. The molecule has 1 amide bonds. The lowest BCUT2D eigenvalue weighted by molar-refractivity contribution is 0.101. The Balaban J connectivity index is 1.94. The predicted molar refractivity (Wildman–Crippen MR) is 94.0 cm³/mol. The van der Waals surface area contributed by atoms with Crippen molar-refractivity contribution in [1.82, 2.24) is 14.3 Å². The van der Waals surface area contributed by atoms with Gasteiger partial charge in [-0.15, -0.1) is 0 Å². The Morgan fingerprint density at radius 3 is 3.04 bits per heavy atom. The van der Waals surface area contributed by atoms with Gasteiger partial charge in [0.05, 0.1) is 17.5 Å². The maximum Gasteiger partial charge on any atom is 0.280 e. The lowest BCUT2D eigenvalue weighted by Crippen LogP contribution is -2.30. The molecule has 2 aromatic heterocycles. The number of amides is 1. The molecule has 3 rings (SSSR count). The van der Waals surface area contributed by atoms with Crippen molar-refractivity contribution in [1.29, 1.82) is 4.78 Å². The van der Waals surface area contributed by atoms with Gasteiger partial charge in [-0.25, -0.2) is 13.5 Å². The van der Waals surface area contributed by atoms with Gasteiger partial charge in [0, 0.05) is 30.7 Å². The van der Waals surface area contributed by atoms with Gasteiger partial charge in [-0.2, -0.15) is 0 Å². The van der Waals surface area contributed by atoms with Gasteiger partial charge in [-0.1, -0.05) is 12.2 Å². The number of pyridine rings is 1. The highest BCUT2D eigenvalue weighted by Crippen LogP contribution is 2.26. The number of carbonyl (C=O) groups is 1. The minimum atomic E-state index is -2.73. The van der Waals surface area contributed by atoms with E-state index < -0.39 is 28.9 Å². The lowest BCUT2D eigenvalue weighted by Gasteiger charge is -2.10. The van der Waals surface area contributed by atoms with Crippen LogP contribution in [-0.2, 0) is 17.9 Å². The summed E-state index contributed by atoms with van der Waals surface area (Å²) < 4.78 is 38.3. The number of aryl methyl sites for hydroxylation is 1. The van der Waals surface area contributed by atoms with Gasteiger partial charge in [0.15, 0.2) is 0 Å². The van der Waals surface area contributed by atoms with Gasteiger partial charge < -0.3 is 15.0 Å². The summed E-state index contributed by atoms with van der Waals surface area (Å²) in [7, 11) is 0.569. The monoisotopic (exact) mass is 381 g/mol. The van der Waals surface area contributed by atoms with Crippen molar-refractivity contribution in [2.45, 2.75) is 17.4 Å². The molecule has 0 fully saturated rings. The van der Waals surface area contributed by atoms with Gasteiger partial charge >= 0.3 is 0 Å². The molecule has 2 unspecified atom stereocenters. The first-order valence-electron chi connectivity index (χ1n) is 7.66. The second-order valence-corrected chi connectivity index (χ2v) is 6.95. The van der Waals surface area contributed by atoms with Crippen molar-refractivity contribution in [3.63, 3.8) is 0 Å². The molecule has 0 aromatic carbocycles. The quantitative estimate of drug-likeness (QED) is 0.652.